The van der Waals surface area contributed by atoms with Crippen LogP contribution in [-0.4, -0.2) is 65.4 Å². The first-order chi connectivity index (χ1) is 18.1. The highest BCUT2D eigenvalue weighted by Gasteiger charge is 2.46. The molecule has 9 nitrogen and oxygen atoms in total. The Bertz CT molecular complexity index is 1460. The van der Waals surface area contributed by atoms with Gasteiger partial charge >= 0.3 is 0 Å². The van der Waals surface area contributed by atoms with Crippen molar-refractivity contribution in [2.75, 3.05) is 24.7 Å². The van der Waals surface area contributed by atoms with Crippen LogP contribution in [0, 0.1) is 0 Å². The van der Waals surface area contributed by atoms with Gasteiger partial charge < -0.3 is 10.2 Å². The summed E-state index contributed by atoms with van der Waals surface area (Å²) in [6, 6.07) is 1.90. The number of halogens is 3. The number of sulfonamides is 1. The topological polar surface area (TPSA) is 105 Å². The van der Waals surface area contributed by atoms with Crippen molar-refractivity contribution in [3.63, 3.8) is 0 Å². The van der Waals surface area contributed by atoms with Gasteiger partial charge in [0.2, 0.25) is 10.0 Å². The van der Waals surface area contributed by atoms with Gasteiger partial charge in [0.1, 0.15) is 17.3 Å². The highest BCUT2D eigenvalue weighted by Crippen LogP contribution is 2.44. The summed E-state index contributed by atoms with van der Waals surface area (Å²) in [4.78, 5) is 7.07. The molecule has 1 saturated heterocycles. The number of hydrogen-bond donors (Lipinski definition) is 2. The van der Waals surface area contributed by atoms with Gasteiger partial charge in [-0.05, 0) is 45.6 Å². The van der Waals surface area contributed by atoms with E-state index in [2.05, 4.69) is 39.0 Å². The normalized spacial score (nSPS) is 23.8. The van der Waals surface area contributed by atoms with Gasteiger partial charge in [-0.15, -0.1) is 10.2 Å². The van der Waals surface area contributed by atoms with Crippen LogP contribution in [0.2, 0.25) is 0 Å². The monoisotopic (exact) mass is 569 g/mol. The second-order valence-electron chi connectivity index (χ2n) is 10.9. The van der Waals surface area contributed by atoms with Crippen molar-refractivity contribution >= 4 is 32.7 Å². The zero-order valence-electron chi connectivity index (χ0n) is 21.1. The predicted octanol–water partition coefficient (Wildman–Crippen LogP) is 4.02. The lowest BCUT2D eigenvalue weighted by Gasteiger charge is -2.37. The Labute approximate surface area is 222 Å². The lowest BCUT2D eigenvalue weighted by molar-refractivity contribution is 0.150. The summed E-state index contributed by atoms with van der Waals surface area (Å²) in [6.45, 7) is 4.59. The molecule has 3 aliphatic rings. The van der Waals surface area contributed by atoms with Crippen molar-refractivity contribution in [2.45, 2.75) is 80.8 Å². The van der Waals surface area contributed by atoms with Crippen LogP contribution in [0.25, 0.3) is 16.3 Å². The molecule has 2 N–H and O–H groups in total. The maximum absolute atomic E-state index is 13.6. The Hall–Kier alpha value is -2.29. The molecule has 3 fully saturated rings. The number of anilines is 1. The molecular formula is C24H30F3N7O2S2. The van der Waals surface area contributed by atoms with Gasteiger partial charge in [-0.2, -0.15) is 0 Å². The third-order valence-corrected chi connectivity index (χ3v) is 10.2. The molecule has 4 heterocycles. The van der Waals surface area contributed by atoms with Crippen LogP contribution in [-0.2, 0) is 10.0 Å². The quantitative estimate of drug-likeness (QED) is 0.422. The average molecular weight is 570 g/mol. The Balaban J connectivity index is 1.57. The maximum atomic E-state index is 13.6. The molecule has 14 heteroatoms. The summed E-state index contributed by atoms with van der Waals surface area (Å²) in [7, 11) is -4.09. The molecule has 0 radical (unpaired) electrons. The van der Waals surface area contributed by atoms with E-state index in [1.807, 2.05) is 0 Å². The lowest BCUT2D eigenvalue weighted by atomic mass is 9.82. The minimum Gasteiger partial charge on any atom is -0.365 e. The summed E-state index contributed by atoms with van der Waals surface area (Å²) >= 11 is 0.788. The maximum Gasteiger partial charge on any atom is 0.291 e. The van der Waals surface area contributed by atoms with E-state index in [4.69, 9.17) is 4.98 Å². The summed E-state index contributed by atoms with van der Waals surface area (Å²) in [6.07, 6.45) is 2.41. The highest BCUT2D eigenvalue weighted by molar-refractivity contribution is 7.89. The molecule has 0 aromatic carbocycles. The first-order valence-corrected chi connectivity index (χ1v) is 15.2. The molecule has 2 saturated carbocycles. The number of fused-ring (bicyclic) bond motifs is 1. The van der Waals surface area contributed by atoms with E-state index in [9.17, 15) is 21.6 Å². The second-order valence-corrected chi connectivity index (χ2v) is 13.6. The third kappa shape index (κ3) is 4.58. The highest BCUT2D eigenvalue weighted by atomic mass is 32.2. The van der Waals surface area contributed by atoms with Gasteiger partial charge in [0, 0.05) is 37.3 Å². The smallest absolute Gasteiger partial charge is 0.291 e. The molecule has 3 aromatic rings. The van der Waals surface area contributed by atoms with Crippen molar-refractivity contribution in [1.82, 2.24) is 29.6 Å². The third-order valence-electron chi connectivity index (χ3n) is 7.69. The first-order valence-electron chi connectivity index (χ1n) is 12.9. The van der Waals surface area contributed by atoms with Crippen LogP contribution in [0.4, 0.5) is 18.9 Å². The van der Waals surface area contributed by atoms with E-state index in [-0.39, 0.29) is 27.9 Å². The molecule has 0 unspecified atom stereocenters. The van der Waals surface area contributed by atoms with Crippen LogP contribution in [0.15, 0.2) is 17.2 Å². The van der Waals surface area contributed by atoms with E-state index < -0.39 is 33.7 Å². The van der Waals surface area contributed by atoms with Crippen LogP contribution in [0.5, 0.6) is 0 Å². The fraction of sp³-hybridized carbons (Fsp3) is 0.625. The summed E-state index contributed by atoms with van der Waals surface area (Å²) in [5.41, 5.74) is 1.32. The molecule has 3 aromatic heterocycles. The van der Waals surface area contributed by atoms with Crippen LogP contribution in [0.3, 0.4) is 0 Å². The molecule has 6 rings (SSSR count). The van der Waals surface area contributed by atoms with Gasteiger partial charge in [-0.25, -0.2) is 31.3 Å². The molecule has 1 aliphatic heterocycles. The molecule has 2 aliphatic carbocycles. The van der Waals surface area contributed by atoms with E-state index in [0.29, 0.717) is 43.0 Å². The molecule has 2 atom stereocenters. The van der Waals surface area contributed by atoms with E-state index >= 15 is 0 Å². The molecule has 0 spiro atoms. The van der Waals surface area contributed by atoms with Crippen LogP contribution >= 0.6 is 11.3 Å². The van der Waals surface area contributed by atoms with E-state index in [1.165, 1.54) is 6.20 Å². The van der Waals surface area contributed by atoms with Gasteiger partial charge in [-0.3, -0.25) is 4.40 Å². The van der Waals surface area contributed by atoms with Crippen molar-refractivity contribution in [3.05, 3.63) is 23.0 Å². The minimum atomic E-state index is -4.09. The number of hydrogen-bond acceptors (Lipinski definition) is 8. The fourth-order valence-electron chi connectivity index (χ4n) is 5.38. The number of pyridine rings is 1. The number of alkyl halides is 3. The Morgan fingerprint density at radius 1 is 1.21 bits per heavy atom. The second kappa shape index (κ2) is 9.42. The van der Waals surface area contributed by atoms with Crippen molar-refractivity contribution in [1.29, 1.82) is 0 Å². The number of imidazole rings is 1. The van der Waals surface area contributed by atoms with Gasteiger partial charge in [-0.1, -0.05) is 17.8 Å². The van der Waals surface area contributed by atoms with Crippen LogP contribution < -0.4 is 14.9 Å². The molecule has 0 amide bonds. The number of rotatable bonds is 8. The molecular weight excluding hydrogens is 539 g/mol. The zero-order valence-corrected chi connectivity index (χ0v) is 22.8. The molecule has 206 valence electrons. The Morgan fingerprint density at radius 3 is 2.47 bits per heavy atom. The van der Waals surface area contributed by atoms with Crippen molar-refractivity contribution < 1.29 is 21.6 Å². The standard InChI is InChI=1S/C24H30F3N7O2S2/c1-13-9-33(10-14(2)28-13)17-8-16(38(35,36)32-24(12-25)6-7-24)11-34-19(22-30-31-23(37-22)20(26)27)18(29-21(17)34)15-4-3-5-15/h8,11,13-15,20,28,32H,3-7,9-10,12H2,1-2H3/t13-,14-/m0/s1. The van der Waals surface area contributed by atoms with Gasteiger partial charge in [0.25, 0.3) is 6.43 Å². The first kappa shape index (κ1) is 26.0. The van der Waals surface area contributed by atoms with Gasteiger partial charge in [0.05, 0.1) is 16.9 Å². The number of aromatic nitrogens is 4. The van der Waals surface area contributed by atoms with E-state index in [0.717, 1.165) is 36.3 Å². The summed E-state index contributed by atoms with van der Waals surface area (Å²) in [5.74, 6) is 0.122. The Kier molecular flexibility index (Phi) is 6.43. The van der Waals surface area contributed by atoms with Crippen molar-refractivity contribution in [3.8, 4) is 10.7 Å². The van der Waals surface area contributed by atoms with Gasteiger partial charge in [0.15, 0.2) is 15.7 Å². The van der Waals surface area contributed by atoms with Crippen molar-refractivity contribution in [2.24, 2.45) is 0 Å². The van der Waals surface area contributed by atoms with E-state index in [1.54, 1.807) is 10.5 Å². The number of nitrogens with zero attached hydrogens (tertiary/aromatic N) is 5. The van der Waals surface area contributed by atoms with Crippen LogP contribution in [0.1, 0.15) is 69.0 Å². The lowest BCUT2D eigenvalue weighted by Crippen LogP contribution is -2.54. The molecule has 38 heavy (non-hydrogen) atoms. The number of piperazine rings is 1. The number of nitrogens with one attached hydrogen (secondary N) is 2. The summed E-state index contributed by atoms with van der Waals surface area (Å²) < 4.78 is 71.8. The zero-order chi connectivity index (χ0) is 26.8. The minimum absolute atomic E-state index is 0.0315. The fourth-order valence-corrected chi connectivity index (χ4v) is 7.59. The Morgan fingerprint density at radius 2 is 1.92 bits per heavy atom. The predicted molar refractivity (Wildman–Crippen MR) is 138 cm³/mol. The average Bonchev–Trinajstić information content (AvgIpc) is 3.23. The largest absolute Gasteiger partial charge is 0.365 e. The SMILES string of the molecule is C[C@H]1CN(c2cc(S(=O)(=O)NC3(CF)CC3)cn3c(-c4nnc(C(F)F)s4)c(C4CCC4)nc23)C[C@H](C)N1. The molecule has 0 bridgehead atoms. The summed E-state index contributed by atoms with van der Waals surface area (Å²) in [5, 5.41) is 11.1.